The van der Waals surface area contributed by atoms with Crippen LogP contribution >= 0.6 is 0 Å². The number of benzene rings is 2. The average molecular weight is 380 g/mol. The van der Waals surface area contributed by atoms with Gasteiger partial charge in [-0.15, -0.1) is 0 Å². The SMILES string of the molecule is CC(=O)c1ccccc1NC(=O)C(C)OC(=O)c1ccc2c(c1)CCC(=O)N2. The van der Waals surface area contributed by atoms with Gasteiger partial charge >= 0.3 is 5.97 Å². The van der Waals surface area contributed by atoms with Crippen LogP contribution in [-0.2, 0) is 20.7 Å². The number of amides is 2. The van der Waals surface area contributed by atoms with Gasteiger partial charge < -0.3 is 15.4 Å². The van der Waals surface area contributed by atoms with Crippen molar-refractivity contribution in [2.45, 2.75) is 32.8 Å². The van der Waals surface area contributed by atoms with Gasteiger partial charge in [-0.05, 0) is 56.2 Å². The molecule has 0 spiro atoms. The van der Waals surface area contributed by atoms with E-state index in [4.69, 9.17) is 4.74 Å². The van der Waals surface area contributed by atoms with Crippen LogP contribution in [0.3, 0.4) is 0 Å². The number of hydrogen-bond acceptors (Lipinski definition) is 5. The molecule has 3 rings (SSSR count). The quantitative estimate of drug-likeness (QED) is 0.613. The van der Waals surface area contributed by atoms with Crippen LogP contribution in [0.5, 0.6) is 0 Å². The first-order valence-corrected chi connectivity index (χ1v) is 8.89. The Balaban J connectivity index is 1.67. The molecule has 1 unspecified atom stereocenters. The van der Waals surface area contributed by atoms with Crippen LogP contribution in [0.2, 0.25) is 0 Å². The van der Waals surface area contributed by atoms with Crippen molar-refractivity contribution < 1.29 is 23.9 Å². The van der Waals surface area contributed by atoms with Crippen LogP contribution in [0.4, 0.5) is 11.4 Å². The van der Waals surface area contributed by atoms with Gasteiger partial charge in [0.25, 0.3) is 5.91 Å². The number of fused-ring (bicyclic) bond motifs is 1. The molecule has 0 saturated heterocycles. The number of esters is 1. The predicted molar refractivity (Wildman–Crippen MR) is 103 cm³/mol. The van der Waals surface area contributed by atoms with Crippen molar-refractivity contribution in [3.8, 4) is 0 Å². The average Bonchev–Trinajstić information content (AvgIpc) is 2.67. The molecule has 1 atom stereocenters. The first-order valence-electron chi connectivity index (χ1n) is 8.89. The van der Waals surface area contributed by atoms with E-state index in [-0.39, 0.29) is 11.7 Å². The summed E-state index contributed by atoms with van der Waals surface area (Å²) < 4.78 is 5.26. The number of carbonyl (C=O) groups is 4. The molecule has 1 aliphatic rings. The molecule has 0 aliphatic carbocycles. The fourth-order valence-corrected chi connectivity index (χ4v) is 2.93. The van der Waals surface area contributed by atoms with Gasteiger partial charge in [0.05, 0.1) is 11.3 Å². The maximum Gasteiger partial charge on any atom is 0.338 e. The number of ether oxygens (including phenoxy) is 1. The monoisotopic (exact) mass is 380 g/mol. The Morgan fingerprint density at radius 3 is 2.61 bits per heavy atom. The lowest BCUT2D eigenvalue weighted by atomic mass is 10.0. The minimum absolute atomic E-state index is 0.0565. The molecule has 144 valence electrons. The predicted octanol–water partition coefficient (Wildman–Crippen LogP) is 2.96. The van der Waals surface area contributed by atoms with Gasteiger partial charge in [-0.3, -0.25) is 14.4 Å². The Morgan fingerprint density at radius 1 is 1.11 bits per heavy atom. The van der Waals surface area contributed by atoms with Crippen molar-refractivity contribution >= 4 is 34.9 Å². The molecule has 0 radical (unpaired) electrons. The van der Waals surface area contributed by atoms with Crippen LogP contribution in [-0.4, -0.2) is 29.7 Å². The summed E-state index contributed by atoms with van der Waals surface area (Å²) in [6.07, 6.45) is -0.150. The number of rotatable bonds is 5. The van der Waals surface area contributed by atoms with E-state index in [9.17, 15) is 19.2 Å². The molecule has 2 aromatic carbocycles. The summed E-state index contributed by atoms with van der Waals surface area (Å²) in [5.74, 6) is -1.41. The zero-order chi connectivity index (χ0) is 20.3. The number of anilines is 2. The maximum absolute atomic E-state index is 12.4. The third kappa shape index (κ3) is 4.25. The first kappa shape index (κ1) is 19.3. The molecule has 2 N–H and O–H groups in total. The Kier molecular flexibility index (Phi) is 5.54. The minimum atomic E-state index is -1.05. The number of hydrogen-bond donors (Lipinski definition) is 2. The smallest absolute Gasteiger partial charge is 0.338 e. The van der Waals surface area contributed by atoms with E-state index in [2.05, 4.69) is 10.6 Å². The second-order valence-electron chi connectivity index (χ2n) is 6.56. The van der Waals surface area contributed by atoms with Crippen molar-refractivity contribution in [2.24, 2.45) is 0 Å². The van der Waals surface area contributed by atoms with E-state index < -0.39 is 18.0 Å². The summed E-state index contributed by atoms with van der Waals surface area (Å²) in [6.45, 7) is 2.87. The summed E-state index contributed by atoms with van der Waals surface area (Å²) in [6, 6.07) is 11.5. The number of ketones is 1. The molecule has 1 heterocycles. The number of nitrogens with one attached hydrogen (secondary N) is 2. The minimum Gasteiger partial charge on any atom is -0.449 e. The molecular weight excluding hydrogens is 360 g/mol. The van der Waals surface area contributed by atoms with E-state index in [0.717, 1.165) is 5.56 Å². The Morgan fingerprint density at radius 2 is 1.86 bits per heavy atom. The number of Topliss-reactive ketones (excluding diaryl/α,β-unsaturated/α-hetero) is 1. The molecule has 0 fully saturated rings. The van der Waals surface area contributed by atoms with Crippen LogP contribution in [0.15, 0.2) is 42.5 Å². The van der Waals surface area contributed by atoms with Crippen molar-refractivity contribution in [2.75, 3.05) is 10.6 Å². The highest BCUT2D eigenvalue weighted by Crippen LogP contribution is 2.24. The zero-order valence-corrected chi connectivity index (χ0v) is 15.6. The van der Waals surface area contributed by atoms with Crippen LogP contribution in [0.25, 0.3) is 0 Å². The Hall–Kier alpha value is -3.48. The lowest BCUT2D eigenvalue weighted by Gasteiger charge is -2.18. The lowest BCUT2D eigenvalue weighted by molar-refractivity contribution is -0.123. The fraction of sp³-hybridized carbons (Fsp3) is 0.238. The molecular formula is C21H20N2O5. The highest BCUT2D eigenvalue weighted by molar-refractivity contribution is 6.05. The number of aryl methyl sites for hydroxylation is 1. The second-order valence-corrected chi connectivity index (χ2v) is 6.56. The van der Waals surface area contributed by atoms with E-state index in [1.54, 1.807) is 42.5 Å². The van der Waals surface area contributed by atoms with Crippen LogP contribution in [0, 0.1) is 0 Å². The van der Waals surface area contributed by atoms with Crippen molar-refractivity contribution in [1.29, 1.82) is 0 Å². The summed E-state index contributed by atoms with van der Waals surface area (Å²) in [5, 5.41) is 5.36. The van der Waals surface area contributed by atoms with Crippen molar-refractivity contribution in [3.05, 3.63) is 59.2 Å². The molecule has 2 amide bonds. The van der Waals surface area contributed by atoms with Crippen LogP contribution < -0.4 is 10.6 Å². The zero-order valence-electron chi connectivity index (χ0n) is 15.6. The topological polar surface area (TPSA) is 102 Å². The molecule has 7 heteroatoms. The van der Waals surface area contributed by atoms with Crippen LogP contribution in [0.1, 0.15) is 46.5 Å². The summed E-state index contributed by atoms with van der Waals surface area (Å²) in [4.78, 5) is 47.8. The molecule has 0 bridgehead atoms. The van der Waals surface area contributed by atoms with Gasteiger partial charge in [-0.1, -0.05) is 12.1 Å². The summed E-state index contributed by atoms with van der Waals surface area (Å²) in [7, 11) is 0. The first-order chi connectivity index (χ1) is 13.3. The number of carbonyl (C=O) groups excluding carboxylic acids is 4. The normalized spacial score (nSPS) is 13.7. The van der Waals surface area contributed by atoms with E-state index >= 15 is 0 Å². The highest BCUT2D eigenvalue weighted by Gasteiger charge is 2.22. The van der Waals surface area contributed by atoms with Gasteiger partial charge in [-0.2, -0.15) is 0 Å². The fourth-order valence-electron chi connectivity index (χ4n) is 2.93. The molecule has 7 nitrogen and oxygen atoms in total. The van der Waals surface area contributed by atoms with Crippen molar-refractivity contribution in [3.63, 3.8) is 0 Å². The van der Waals surface area contributed by atoms with Gasteiger partial charge in [-0.25, -0.2) is 4.79 Å². The Bertz CT molecular complexity index is 967. The van der Waals surface area contributed by atoms with E-state index in [0.29, 0.717) is 35.3 Å². The lowest BCUT2D eigenvalue weighted by Crippen LogP contribution is -2.30. The third-order valence-corrected chi connectivity index (χ3v) is 4.45. The highest BCUT2D eigenvalue weighted by atomic mass is 16.5. The van der Waals surface area contributed by atoms with Gasteiger partial charge in [0.1, 0.15) is 0 Å². The molecule has 0 aromatic heterocycles. The molecule has 0 saturated carbocycles. The molecule has 2 aromatic rings. The van der Waals surface area contributed by atoms with Gasteiger partial charge in [0.2, 0.25) is 5.91 Å². The molecule has 1 aliphatic heterocycles. The van der Waals surface area contributed by atoms with Gasteiger partial charge in [0.15, 0.2) is 11.9 Å². The Labute approximate surface area is 162 Å². The maximum atomic E-state index is 12.4. The van der Waals surface area contributed by atoms with E-state index in [1.165, 1.54) is 13.8 Å². The second kappa shape index (κ2) is 8.04. The summed E-state index contributed by atoms with van der Waals surface area (Å²) in [5.41, 5.74) is 2.58. The third-order valence-electron chi connectivity index (χ3n) is 4.45. The molecule has 28 heavy (non-hydrogen) atoms. The van der Waals surface area contributed by atoms with Crippen molar-refractivity contribution in [1.82, 2.24) is 0 Å². The summed E-state index contributed by atoms with van der Waals surface area (Å²) >= 11 is 0. The standard InChI is InChI=1S/C21H20N2O5/c1-12(24)16-5-3-4-6-18(16)23-20(26)13(2)28-21(27)15-7-9-17-14(11-15)8-10-19(25)22-17/h3-7,9,11,13H,8,10H2,1-2H3,(H,22,25)(H,23,26). The number of para-hydroxylation sites is 1. The largest absolute Gasteiger partial charge is 0.449 e. The van der Waals surface area contributed by atoms with E-state index in [1.807, 2.05) is 0 Å². The van der Waals surface area contributed by atoms with Gasteiger partial charge in [0, 0.05) is 17.7 Å².